The van der Waals surface area contributed by atoms with E-state index >= 15 is 0 Å². The lowest BCUT2D eigenvalue weighted by atomic mass is 10.1. The molecule has 12 heavy (non-hydrogen) atoms. The van der Waals surface area contributed by atoms with Gasteiger partial charge in [-0.25, -0.2) is 0 Å². The summed E-state index contributed by atoms with van der Waals surface area (Å²) in [4.78, 5) is 13.2. The summed E-state index contributed by atoms with van der Waals surface area (Å²) >= 11 is 0. The molecule has 1 heterocycles. The molecule has 0 radical (unpaired) electrons. The Kier molecular flexibility index (Phi) is 2.69. The highest BCUT2D eigenvalue weighted by Gasteiger charge is 2.32. The molecular weight excluding hydrogens is 154 g/mol. The average Bonchev–Trinajstić information content (AvgIpc) is 2.32. The lowest BCUT2D eigenvalue weighted by Crippen LogP contribution is -2.46. The number of nitrogens with two attached hydrogens (primary N) is 2. The van der Waals surface area contributed by atoms with Crippen molar-refractivity contribution in [3.8, 4) is 0 Å². The van der Waals surface area contributed by atoms with Crippen molar-refractivity contribution in [2.24, 2.45) is 11.5 Å². The molecule has 1 aliphatic heterocycles. The summed E-state index contributed by atoms with van der Waals surface area (Å²) in [5.74, 6) is 0.00968. The summed E-state index contributed by atoms with van der Waals surface area (Å²) in [7, 11) is 0. The molecule has 4 heteroatoms. The first kappa shape index (κ1) is 9.48. The molecule has 70 valence electrons. The van der Waals surface area contributed by atoms with Gasteiger partial charge in [0.25, 0.3) is 0 Å². The second kappa shape index (κ2) is 3.41. The van der Waals surface area contributed by atoms with Gasteiger partial charge < -0.3 is 16.4 Å². The van der Waals surface area contributed by atoms with Gasteiger partial charge in [0.1, 0.15) is 0 Å². The number of carbonyl (C=O) groups excluding carboxylic acids is 1. The summed E-state index contributed by atoms with van der Waals surface area (Å²) < 4.78 is 0. The fraction of sp³-hybridized carbons (Fsp3) is 0.875. The molecule has 3 atom stereocenters. The molecule has 0 bridgehead atoms. The standard InChI is InChI=1S/C8H17N3O/c1-5(9)8(12)11-4-3-7(10)6(11)2/h5-7H,3-4,9-10H2,1-2H3/t5-,6?,7?/m0/s1. The zero-order valence-corrected chi connectivity index (χ0v) is 7.66. The predicted octanol–water partition coefficient (Wildman–Crippen LogP) is -0.718. The molecule has 1 rings (SSSR count). The number of hydrogen-bond donors (Lipinski definition) is 2. The molecule has 0 aromatic carbocycles. The Bertz CT molecular complexity index is 181. The van der Waals surface area contributed by atoms with Crippen molar-refractivity contribution in [3.63, 3.8) is 0 Å². The maximum absolute atomic E-state index is 11.4. The fourth-order valence-electron chi connectivity index (χ4n) is 1.54. The van der Waals surface area contributed by atoms with Crippen LogP contribution in [0.1, 0.15) is 20.3 Å². The van der Waals surface area contributed by atoms with Crippen LogP contribution in [0.15, 0.2) is 0 Å². The molecule has 4 N–H and O–H groups in total. The smallest absolute Gasteiger partial charge is 0.239 e. The van der Waals surface area contributed by atoms with Crippen LogP contribution in [0.2, 0.25) is 0 Å². The number of rotatable bonds is 1. The molecule has 1 aliphatic rings. The van der Waals surface area contributed by atoms with Gasteiger partial charge in [-0.15, -0.1) is 0 Å². The Morgan fingerprint density at radius 2 is 2.25 bits per heavy atom. The molecule has 1 saturated heterocycles. The van der Waals surface area contributed by atoms with Crippen molar-refractivity contribution in [2.75, 3.05) is 6.54 Å². The Hall–Kier alpha value is -0.610. The maximum Gasteiger partial charge on any atom is 0.239 e. The number of carbonyl (C=O) groups is 1. The van der Waals surface area contributed by atoms with Gasteiger partial charge in [-0.1, -0.05) is 0 Å². The van der Waals surface area contributed by atoms with Gasteiger partial charge >= 0.3 is 0 Å². The van der Waals surface area contributed by atoms with Crippen molar-refractivity contribution in [3.05, 3.63) is 0 Å². The van der Waals surface area contributed by atoms with Gasteiger partial charge in [-0.3, -0.25) is 4.79 Å². The molecule has 4 nitrogen and oxygen atoms in total. The summed E-state index contributed by atoms with van der Waals surface area (Å²) in [6.45, 7) is 4.43. The van der Waals surface area contributed by atoms with E-state index in [9.17, 15) is 4.79 Å². The first-order valence-corrected chi connectivity index (χ1v) is 4.35. The first-order chi connectivity index (χ1) is 5.54. The number of nitrogens with zero attached hydrogens (tertiary/aromatic N) is 1. The van der Waals surface area contributed by atoms with Crippen LogP contribution in [-0.2, 0) is 4.79 Å². The largest absolute Gasteiger partial charge is 0.337 e. The van der Waals surface area contributed by atoms with Crippen molar-refractivity contribution in [2.45, 2.75) is 38.4 Å². The van der Waals surface area contributed by atoms with Crippen LogP contribution in [0.4, 0.5) is 0 Å². The van der Waals surface area contributed by atoms with E-state index in [1.54, 1.807) is 11.8 Å². The molecule has 1 fully saturated rings. The third-order valence-electron chi connectivity index (χ3n) is 2.49. The van der Waals surface area contributed by atoms with Crippen LogP contribution < -0.4 is 11.5 Å². The van der Waals surface area contributed by atoms with E-state index in [0.717, 1.165) is 13.0 Å². The summed E-state index contributed by atoms with van der Waals surface area (Å²) in [6.07, 6.45) is 0.889. The predicted molar refractivity (Wildman–Crippen MR) is 47.4 cm³/mol. The Balaban J connectivity index is 2.59. The second-order valence-corrected chi connectivity index (χ2v) is 3.51. The van der Waals surface area contributed by atoms with Crippen LogP contribution in [0, 0.1) is 0 Å². The molecule has 0 aromatic heterocycles. The van der Waals surface area contributed by atoms with Crippen molar-refractivity contribution in [1.29, 1.82) is 0 Å². The lowest BCUT2D eigenvalue weighted by molar-refractivity contribution is -0.132. The van der Waals surface area contributed by atoms with E-state index in [2.05, 4.69) is 0 Å². The summed E-state index contributed by atoms with van der Waals surface area (Å²) in [6, 6.07) is -0.144. The normalized spacial score (nSPS) is 32.2. The average molecular weight is 171 g/mol. The van der Waals surface area contributed by atoms with Crippen LogP contribution >= 0.6 is 0 Å². The van der Waals surface area contributed by atoms with E-state index in [1.165, 1.54) is 0 Å². The second-order valence-electron chi connectivity index (χ2n) is 3.51. The molecule has 0 aromatic rings. The molecular formula is C8H17N3O. The number of likely N-dealkylation sites (tertiary alicyclic amines) is 1. The van der Waals surface area contributed by atoms with E-state index in [-0.39, 0.29) is 18.0 Å². The zero-order valence-electron chi connectivity index (χ0n) is 7.66. The van der Waals surface area contributed by atoms with Crippen molar-refractivity contribution >= 4 is 5.91 Å². The van der Waals surface area contributed by atoms with Crippen LogP contribution in [0.5, 0.6) is 0 Å². The van der Waals surface area contributed by atoms with Gasteiger partial charge in [0, 0.05) is 18.6 Å². The highest BCUT2D eigenvalue weighted by Crippen LogP contribution is 2.16. The van der Waals surface area contributed by atoms with E-state index < -0.39 is 6.04 Å². The Morgan fingerprint density at radius 3 is 2.58 bits per heavy atom. The number of hydrogen-bond acceptors (Lipinski definition) is 3. The van der Waals surface area contributed by atoms with Gasteiger partial charge in [0.2, 0.25) is 5.91 Å². The quantitative estimate of drug-likeness (QED) is 0.547. The maximum atomic E-state index is 11.4. The first-order valence-electron chi connectivity index (χ1n) is 4.35. The van der Waals surface area contributed by atoms with Crippen LogP contribution in [-0.4, -0.2) is 35.5 Å². The molecule has 0 saturated carbocycles. The minimum absolute atomic E-state index is 0.00968. The van der Waals surface area contributed by atoms with Gasteiger partial charge in [0.15, 0.2) is 0 Å². The van der Waals surface area contributed by atoms with E-state index in [4.69, 9.17) is 11.5 Å². The third kappa shape index (κ3) is 1.59. The van der Waals surface area contributed by atoms with Crippen molar-refractivity contribution < 1.29 is 4.79 Å². The van der Waals surface area contributed by atoms with Crippen LogP contribution in [0.25, 0.3) is 0 Å². The summed E-state index contributed by atoms with van der Waals surface area (Å²) in [5.41, 5.74) is 11.3. The SMILES string of the molecule is CC1C(N)CCN1C(=O)[C@H](C)N. The molecule has 0 spiro atoms. The van der Waals surface area contributed by atoms with Crippen molar-refractivity contribution in [1.82, 2.24) is 4.90 Å². The Morgan fingerprint density at radius 1 is 1.67 bits per heavy atom. The monoisotopic (exact) mass is 171 g/mol. The fourth-order valence-corrected chi connectivity index (χ4v) is 1.54. The lowest BCUT2D eigenvalue weighted by Gasteiger charge is -2.24. The van der Waals surface area contributed by atoms with E-state index in [0.29, 0.717) is 0 Å². The molecule has 2 unspecified atom stereocenters. The summed E-state index contributed by atoms with van der Waals surface area (Å²) in [5, 5.41) is 0. The topological polar surface area (TPSA) is 72.3 Å². The number of amides is 1. The van der Waals surface area contributed by atoms with E-state index in [1.807, 2.05) is 6.92 Å². The highest BCUT2D eigenvalue weighted by molar-refractivity contribution is 5.81. The van der Waals surface area contributed by atoms with Gasteiger partial charge in [0.05, 0.1) is 6.04 Å². The van der Waals surface area contributed by atoms with Gasteiger partial charge in [-0.05, 0) is 20.3 Å². The third-order valence-corrected chi connectivity index (χ3v) is 2.49. The van der Waals surface area contributed by atoms with Gasteiger partial charge in [-0.2, -0.15) is 0 Å². The highest BCUT2D eigenvalue weighted by atomic mass is 16.2. The molecule has 1 amide bonds. The zero-order chi connectivity index (χ0) is 9.30. The molecule has 0 aliphatic carbocycles. The Labute approximate surface area is 72.9 Å². The van der Waals surface area contributed by atoms with Crippen LogP contribution in [0.3, 0.4) is 0 Å². The minimum atomic E-state index is -0.405. The minimum Gasteiger partial charge on any atom is -0.337 e.